The molecule has 2 atom stereocenters. The number of methoxy groups -OCH3 is 2. The van der Waals surface area contributed by atoms with E-state index in [1.54, 1.807) is 14.2 Å². The summed E-state index contributed by atoms with van der Waals surface area (Å²) in [5, 5.41) is 4.94. The fourth-order valence-corrected chi connectivity index (χ4v) is 8.30. The minimum absolute atomic E-state index is 0.253. The predicted molar refractivity (Wildman–Crippen MR) is 193 cm³/mol. The first kappa shape index (κ1) is 33.8. The molecule has 0 aliphatic carbocycles. The average Bonchev–Trinajstić information content (AvgIpc) is 2.92. The van der Waals surface area contributed by atoms with Gasteiger partial charge in [0.05, 0.1) is 14.2 Å². The van der Waals surface area contributed by atoms with Crippen LogP contribution in [0.25, 0.3) is 11.1 Å². The van der Waals surface area contributed by atoms with Crippen LogP contribution in [0.15, 0.2) is 60.7 Å². The number of ether oxygens (including phenoxy) is 4. The van der Waals surface area contributed by atoms with E-state index in [1.165, 1.54) is 21.2 Å². The number of aryl methyl sites for hydroxylation is 4. The topological polar surface area (TPSA) is 36.9 Å². The molecule has 4 rings (SSSR count). The van der Waals surface area contributed by atoms with Gasteiger partial charge in [-0.15, -0.1) is 0 Å². The van der Waals surface area contributed by atoms with E-state index in [9.17, 15) is 0 Å². The Kier molecular flexibility index (Phi) is 10.4. The summed E-state index contributed by atoms with van der Waals surface area (Å²) in [6, 6.07) is 21.7. The van der Waals surface area contributed by atoms with E-state index in [2.05, 4.69) is 118 Å². The first-order chi connectivity index (χ1) is 20.6. The number of rotatable bonds is 9. The van der Waals surface area contributed by atoms with Gasteiger partial charge in [-0.25, -0.2) is 0 Å². The van der Waals surface area contributed by atoms with E-state index in [1.807, 2.05) is 12.1 Å². The molecule has 0 bridgehead atoms. The lowest BCUT2D eigenvalue weighted by Gasteiger charge is -2.25. The van der Waals surface area contributed by atoms with E-state index in [4.69, 9.17) is 18.9 Å². The third-order valence-corrected chi connectivity index (χ3v) is 9.56. The molecule has 4 aromatic carbocycles. The minimum Gasteiger partial charge on any atom is -0.496 e. The second-order valence-electron chi connectivity index (χ2n) is 13.3. The molecule has 0 saturated carbocycles. The summed E-state index contributed by atoms with van der Waals surface area (Å²) in [5.74, 6) is 3.62. The normalized spacial score (nSPS) is 12.4. The molecule has 0 spiro atoms. The molecule has 0 aliphatic rings. The minimum atomic E-state index is -0.253. The molecule has 0 amide bonds. The molecule has 0 aromatic heterocycles. The number of hydrogen-bond acceptors (Lipinski definition) is 4. The third kappa shape index (κ3) is 8.15. The first-order valence-corrected chi connectivity index (χ1v) is 17.1. The highest BCUT2D eigenvalue weighted by molar-refractivity contribution is 7.56. The lowest BCUT2D eigenvalue weighted by atomic mass is 10.0. The summed E-state index contributed by atoms with van der Waals surface area (Å²) in [5.41, 5.74) is 6.26. The Bertz CT molecular complexity index is 1480. The van der Waals surface area contributed by atoms with Crippen LogP contribution in [-0.4, -0.2) is 25.4 Å². The molecule has 234 valence electrons. The highest BCUT2D eigenvalue weighted by Crippen LogP contribution is 2.40. The van der Waals surface area contributed by atoms with E-state index in [0.717, 1.165) is 56.4 Å². The van der Waals surface area contributed by atoms with Crippen LogP contribution in [-0.2, 0) is 0 Å². The van der Waals surface area contributed by atoms with Crippen molar-refractivity contribution >= 4 is 38.4 Å². The second kappa shape index (κ2) is 13.5. The van der Waals surface area contributed by atoms with Gasteiger partial charge in [0.1, 0.15) is 34.2 Å². The van der Waals surface area contributed by atoms with Gasteiger partial charge >= 0.3 is 0 Å². The Hall–Kier alpha value is -3.06. The van der Waals surface area contributed by atoms with Gasteiger partial charge in [0.2, 0.25) is 0 Å². The van der Waals surface area contributed by atoms with Crippen molar-refractivity contribution in [2.45, 2.75) is 80.4 Å². The zero-order valence-corrected chi connectivity index (χ0v) is 30.4. The van der Waals surface area contributed by atoms with Gasteiger partial charge in [-0.05, 0) is 149 Å². The van der Waals surface area contributed by atoms with E-state index in [0.29, 0.717) is 17.2 Å². The van der Waals surface area contributed by atoms with E-state index >= 15 is 0 Å². The SMILES string of the molecule is COc1cccc(Pc2cc(C)c(OC(C)(C)C)c(C)c2)c1-c1c(OC)cccc1Pc1cc(C)c(OC(C)(C)C)c(C)c1. The molecule has 0 heterocycles. The van der Waals surface area contributed by atoms with Gasteiger partial charge in [0, 0.05) is 11.1 Å². The predicted octanol–water partition coefficient (Wildman–Crippen LogP) is 8.22. The average molecular weight is 631 g/mol. The molecule has 4 aromatic rings. The van der Waals surface area contributed by atoms with Crippen LogP contribution in [0.2, 0.25) is 0 Å². The molecule has 0 aliphatic heterocycles. The maximum absolute atomic E-state index is 6.31. The maximum Gasteiger partial charge on any atom is 0.127 e. The van der Waals surface area contributed by atoms with Crippen LogP contribution < -0.4 is 40.2 Å². The number of hydrogen-bond donors (Lipinski definition) is 0. The molecular formula is C38H48O4P2. The molecule has 0 radical (unpaired) electrons. The molecular weight excluding hydrogens is 582 g/mol. The number of benzene rings is 4. The van der Waals surface area contributed by atoms with Crippen molar-refractivity contribution in [3.63, 3.8) is 0 Å². The van der Waals surface area contributed by atoms with Gasteiger partial charge in [0.25, 0.3) is 0 Å². The van der Waals surface area contributed by atoms with E-state index < -0.39 is 0 Å². The molecule has 6 heteroatoms. The summed E-state index contributed by atoms with van der Waals surface area (Å²) in [6.45, 7) is 21.1. The van der Waals surface area contributed by atoms with Gasteiger partial charge in [-0.3, -0.25) is 0 Å². The van der Waals surface area contributed by atoms with Crippen molar-refractivity contribution in [3.05, 3.63) is 82.9 Å². The summed E-state index contributed by atoms with van der Waals surface area (Å²) < 4.78 is 24.7. The fraction of sp³-hybridized carbons (Fsp3) is 0.368. The quantitative estimate of drug-likeness (QED) is 0.175. The van der Waals surface area contributed by atoms with Crippen molar-refractivity contribution in [2.24, 2.45) is 0 Å². The van der Waals surface area contributed by atoms with Crippen molar-refractivity contribution < 1.29 is 18.9 Å². The molecule has 0 fully saturated rings. The summed E-state index contributed by atoms with van der Waals surface area (Å²) in [4.78, 5) is 0. The Labute approximate surface area is 268 Å². The van der Waals surface area contributed by atoms with Crippen LogP contribution in [0, 0.1) is 27.7 Å². The smallest absolute Gasteiger partial charge is 0.127 e. The van der Waals surface area contributed by atoms with Crippen LogP contribution in [0.5, 0.6) is 23.0 Å². The van der Waals surface area contributed by atoms with Crippen molar-refractivity contribution in [2.75, 3.05) is 14.2 Å². The highest BCUT2D eigenvalue weighted by atomic mass is 31.1. The summed E-state index contributed by atoms with van der Waals surface area (Å²) >= 11 is 0. The molecule has 2 unspecified atom stereocenters. The Balaban J connectivity index is 1.81. The second-order valence-corrected chi connectivity index (χ2v) is 16.1. The van der Waals surface area contributed by atoms with Gasteiger partial charge in [0.15, 0.2) is 0 Å². The molecule has 0 N–H and O–H groups in total. The van der Waals surface area contributed by atoms with Gasteiger partial charge in [-0.1, -0.05) is 41.4 Å². The monoisotopic (exact) mass is 630 g/mol. The molecule has 44 heavy (non-hydrogen) atoms. The highest BCUT2D eigenvalue weighted by Gasteiger charge is 2.22. The lowest BCUT2D eigenvalue weighted by Crippen LogP contribution is -2.24. The standard InChI is InChI=1S/C38H48O4P2/c1-23-19-27(20-24(2)35(23)41-37(5,6)7)43-31-17-13-15-29(39-11)33(31)34-30(40-12)16-14-18-32(34)44-28-21-25(3)36(26(4)22-28)42-38(8,9)10/h13-22,43-44H,1-12H3. The van der Waals surface area contributed by atoms with E-state index in [-0.39, 0.29) is 11.2 Å². The lowest BCUT2D eigenvalue weighted by molar-refractivity contribution is 0.128. The summed E-state index contributed by atoms with van der Waals surface area (Å²) in [7, 11) is 4.34. The maximum atomic E-state index is 6.31. The fourth-order valence-electron chi connectivity index (χ4n) is 5.42. The Morgan fingerprint density at radius 2 is 0.818 bits per heavy atom. The van der Waals surface area contributed by atoms with Crippen LogP contribution in [0.1, 0.15) is 63.8 Å². The Morgan fingerprint density at radius 1 is 0.500 bits per heavy atom. The third-order valence-electron chi connectivity index (χ3n) is 7.04. The van der Waals surface area contributed by atoms with Gasteiger partial charge in [-0.2, -0.15) is 0 Å². The largest absolute Gasteiger partial charge is 0.496 e. The summed E-state index contributed by atoms with van der Waals surface area (Å²) in [6.07, 6.45) is 0. The Morgan fingerprint density at radius 3 is 1.09 bits per heavy atom. The van der Waals surface area contributed by atoms with Crippen LogP contribution in [0.4, 0.5) is 0 Å². The molecule has 4 nitrogen and oxygen atoms in total. The molecule has 0 saturated heterocycles. The van der Waals surface area contributed by atoms with Crippen molar-refractivity contribution in [1.29, 1.82) is 0 Å². The van der Waals surface area contributed by atoms with Crippen LogP contribution >= 0.6 is 17.2 Å². The zero-order valence-electron chi connectivity index (χ0n) is 28.4. The van der Waals surface area contributed by atoms with Crippen LogP contribution in [0.3, 0.4) is 0 Å². The zero-order chi connectivity index (χ0) is 32.4. The van der Waals surface area contributed by atoms with Gasteiger partial charge < -0.3 is 18.9 Å². The first-order valence-electron chi connectivity index (χ1n) is 15.1. The van der Waals surface area contributed by atoms with Crippen molar-refractivity contribution in [3.8, 4) is 34.1 Å². The van der Waals surface area contributed by atoms with Crippen molar-refractivity contribution in [1.82, 2.24) is 0 Å².